The number of anilines is 2. The van der Waals surface area contributed by atoms with Gasteiger partial charge in [-0.15, -0.1) is 11.8 Å². The third kappa shape index (κ3) is 5.19. The molecule has 6 rings (SSSR count). The van der Waals surface area contributed by atoms with Gasteiger partial charge in [-0.3, -0.25) is 4.90 Å². The van der Waals surface area contributed by atoms with Crippen LogP contribution >= 0.6 is 11.8 Å². The molecule has 210 valence electrons. The first kappa shape index (κ1) is 27.1. The fourth-order valence-corrected chi connectivity index (χ4v) is 7.06. The van der Waals surface area contributed by atoms with Crippen LogP contribution in [0.15, 0.2) is 53.4 Å². The minimum absolute atomic E-state index is 0.0494. The normalized spacial score (nSPS) is 19.7. The van der Waals surface area contributed by atoms with Crippen LogP contribution in [-0.2, 0) is 16.7 Å². The number of aromatic nitrogens is 2. The minimum Gasteiger partial charge on any atom is -0.380 e. The lowest BCUT2D eigenvalue weighted by atomic mass is 9.84. The molecule has 3 aromatic rings. The number of ether oxygens (including phenoxy) is 1. The van der Waals surface area contributed by atoms with Crippen LogP contribution in [0.5, 0.6) is 0 Å². The van der Waals surface area contributed by atoms with Gasteiger partial charge in [-0.05, 0) is 80.8 Å². The molecular formula is C32H39N5O2S. The van der Waals surface area contributed by atoms with Gasteiger partial charge in [0.1, 0.15) is 5.82 Å². The second-order valence-electron chi connectivity index (χ2n) is 11.4. The van der Waals surface area contributed by atoms with E-state index < -0.39 is 0 Å². The van der Waals surface area contributed by atoms with E-state index in [4.69, 9.17) is 14.7 Å². The second kappa shape index (κ2) is 11.4. The first-order valence-corrected chi connectivity index (χ1v) is 15.7. The summed E-state index contributed by atoms with van der Waals surface area (Å²) in [5, 5.41) is 3.15. The Morgan fingerprint density at radius 2 is 1.88 bits per heavy atom. The number of fused-ring (bicyclic) bond motifs is 2. The number of carbonyl (C=O) groups is 1. The number of nitrogens with one attached hydrogen (secondary N) is 1. The summed E-state index contributed by atoms with van der Waals surface area (Å²) in [4.78, 5) is 29.2. The maximum absolute atomic E-state index is 13.4. The highest BCUT2D eigenvalue weighted by Gasteiger charge is 2.47. The smallest absolute Gasteiger partial charge is 0.322 e. The lowest BCUT2D eigenvalue weighted by molar-refractivity contribution is 0.0891. The van der Waals surface area contributed by atoms with Crippen LogP contribution in [0.25, 0.3) is 11.3 Å². The Kier molecular flexibility index (Phi) is 7.73. The molecule has 0 bridgehead atoms. The molecule has 1 spiro atoms. The number of benzene rings is 1. The molecule has 1 aromatic carbocycles. The van der Waals surface area contributed by atoms with E-state index >= 15 is 0 Å². The van der Waals surface area contributed by atoms with Gasteiger partial charge in [0.25, 0.3) is 0 Å². The van der Waals surface area contributed by atoms with E-state index in [1.807, 2.05) is 4.90 Å². The van der Waals surface area contributed by atoms with E-state index in [1.165, 1.54) is 17.7 Å². The van der Waals surface area contributed by atoms with E-state index in [0.717, 1.165) is 78.5 Å². The maximum Gasteiger partial charge on any atom is 0.322 e. The van der Waals surface area contributed by atoms with Gasteiger partial charge in [0.05, 0.1) is 23.2 Å². The molecule has 1 saturated carbocycles. The molecule has 2 amide bonds. The molecule has 1 unspecified atom stereocenters. The Balaban J connectivity index is 1.24. The summed E-state index contributed by atoms with van der Waals surface area (Å²) in [7, 11) is 1.79. The van der Waals surface area contributed by atoms with E-state index in [2.05, 4.69) is 71.9 Å². The van der Waals surface area contributed by atoms with Gasteiger partial charge in [0.15, 0.2) is 0 Å². The number of rotatable bonds is 6. The second-order valence-corrected chi connectivity index (χ2v) is 12.3. The summed E-state index contributed by atoms with van der Waals surface area (Å²) in [5.41, 5.74) is 6.02. The zero-order valence-corrected chi connectivity index (χ0v) is 24.6. The predicted octanol–water partition coefficient (Wildman–Crippen LogP) is 6.33. The number of nitrogens with zero attached hydrogens (tertiary/aromatic N) is 4. The Bertz CT molecular complexity index is 1370. The van der Waals surface area contributed by atoms with E-state index in [9.17, 15) is 4.79 Å². The minimum atomic E-state index is -0.0626. The number of aryl methyl sites for hydroxylation is 1. The number of urea groups is 1. The predicted molar refractivity (Wildman–Crippen MR) is 162 cm³/mol. The SMILES string of the molecule is COC1CCCN(c2ccc(-c3ccc4c(n3)C3(CCCC3)CN4C(=O)NCc3ccc(SC)cc3)c(C)n2)C1. The fourth-order valence-electron chi connectivity index (χ4n) is 6.65. The van der Waals surface area contributed by atoms with Crippen LogP contribution in [0.3, 0.4) is 0 Å². The maximum atomic E-state index is 13.4. The van der Waals surface area contributed by atoms with E-state index in [-0.39, 0.29) is 17.6 Å². The average Bonchev–Trinajstić information content (AvgIpc) is 3.61. The van der Waals surface area contributed by atoms with Crippen LogP contribution in [0, 0.1) is 6.92 Å². The number of methoxy groups -OCH3 is 1. The van der Waals surface area contributed by atoms with Crippen LogP contribution in [0.1, 0.15) is 55.5 Å². The molecule has 3 aliphatic rings. The fraction of sp³-hybridized carbons (Fsp3) is 0.469. The molecule has 2 fully saturated rings. The van der Waals surface area contributed by atoms with E-state index in [1.54, 1.807) is 18.9 Å². The van der Waals surface area contributed by atoms with Crippen molar-refractivity contribution in [1.29, 1.82) is 0 Å². The highest BCUT2D eigenvalue weighted by Crippen LogP contribution is 2.50. The number of carbonyl (C=O) groups excluding carboxylic acids is 1. The highest BCUT2D eigenvalue weighted by atomic mass is 32.2. The number of pyridine rings is 2. The quantitative estimate of drug-likeness (QED) is 0.357. The van der Waals surface area contributed by atoms with Crippen LogP contribution in [0.4, 0.5) is 16.3 Å². The third-order valence-corrected chi connectivity index (χ3v) is 9.66. The van der Waals surface area contributed by atoms with Crippen molar-refractivity contribution >= 4 is 29.3 Å². The Morgan fingerprint density at radius 3 is 2.60 bits per heavy atom. The molecular weight excluding hydrogens is 518 g/mol. The molecule has 4 heterocycles. The Hall–Kier alpha value is -3.10. The van der Waals surface area contributed by atoms with Crippen molar-refractivity contribution in [3.05, 3.63) is 65.5 Å². The van der Waals surface area contributed by atoms with Crippen LogP contribution < -0.4 is 15.1 Å². The zero-order valence-electron chi connectivity index (χ0n) is 23.8. The Morgan fingerprint density at radius 1 is 1.07 bits per heavy atom. The highest BCUT2D eigenvalue weighted by molar-refractivity contribution is 7.98. The van der Waals surface area contributed by atoms with Crippen molar-refractivity contribution in [3.8, 4) is 11.3 Å². The summed E-state index contributed by atoms with van der Waals surface area (Å²) >= 11 is 1.72. The summed E-state index contributed by atoms with van der Waals surface area (Å²) in [6.07, 6.45) is 9.04. The van der Waals surface area contributed by atoms with Crippen LogP contribution in [0.2, 0.25) is 0 Å². The molecule has 1 N–H and O–H groups in total. The van der Waals surface area contributed by atoms with E-state index in [0.29, 0.717) is 13.1 Å². The van der Waals surface area contributed by atoms with Gasteiger partial charge in [0, 0.05) is 54.9 Å². The zero-order chi connectivity index (χ0) is 27.7. The summed E-state index contributed by atoms with van der Waals surface area (Å²) in [5.74, 6) is 1.00. The van der Waals surface area contributed by atoms with Gasteiger partial charge < -0.3 is 15.0 Å². The van der Waals surface area contributed by atoms with Gasteiger partial charge in [0.2, 0.25) is 0 Å². The Labute approximate surface area is 241 Å². The number of piperidine rings is 1. The first-order valence-electron chi connectivity index (χ1n) is 14.5. The van der Waals surface area contributed by atoms with Crippen LogP contribution in [-0.4, -0.2) is 55.1 Å². The molecule has 1 atom stereocenters. The number of hydrogen-bond acceptors (Lipinski definition) is 6. The molecule has 1 aliphatic carbocycles. The van der Waals surface area contributed by atoms with Crippen molar-refractivity contribution in [1.82, 2.24) is 15.3 Å². The lowest BCUT2D eigenvalue weighted by Gasteiger charge is -2.33. The number of thioether (sulfide) groups is 1. The van der Waals surface area contributed by atoms with Crippen molar-refractivity contribution < 1.29 is 9.53 Å². The molecule has 7 nitrogen and oxygen atoms in total. The summed E-state index contributed by atoms with van der Waals surface area (Å²) in [6, 6.07) is 16.7. The lowest BCUT2D eigenvalue weighted by Crippen LogP contribution is -2.41. The standard InChI is InChI=1S/C32H39N5O2S/c1-22-26(12-15-29(34-22)36-18-6-7-24(20-36)39-2)27-13-14-28-30(35-27)32(16-4-5-17-32)21-37(28)31(38)33-19-23-8-10-25(40-3)11-9-23/h8-15,24H,4-7,16-21H2,1-3H3,(H,33,38). The molecule has 40 heavy (non-hydrogen) atoms. The molecule has 1 saturated heterocycles. The summed E-state index contributed by atoms with van der Waals surface area (Å²) in [6.45, 7) is 5.16. The number of hydrogen-bond donors (Lipinski definition) is 1. The molecule has 0 radical (unpaired) electrons. The van der Waals surface area contributed by atoms with Crippen molar-refractivity contribution in [2.24, 2.45) is 0 Å². The molecule has 2 aromatic heterocycles. The monoisotopic (exact) mass is 557 g/mol. The molecule has 8 heteroatoms. The first-order chi connectivity index (χ1) is 19.5. The van der Waals surface area contributed by atoms with Gasteiger partial charge in [-0.25, -0.2) is 14.8 Å². The topological polar surface area (TPSA) is 70.6 Å². The van der Waals surface area contributed by atoms with Gasteiger partial charge in [-0.2, -0.15) is 0 Å². The molecule has 2 aliphatic heterocycles. The van der Waals surface area contributed by atoms with Gasteiger partial charge in [-0.1, -0.05) is 25.0 Å². The van der Waals surface area contributed by atoms with Crippen molar-refractivity contribution in [2.75, 3.05) is 42.8 Å². The summed E-state index contributed by atoms with van der Waals surface area (Å²) < 4.78 is 5.61. The van der Waals surface area contributed by atoms with Crippen molar-refractivity contribution in [3.63, 3.8) is 0 Å². The number of amides is 2. The van der Waals surface area contributed by atoms with Crippen molar-refractivity contribution in [2.45, 2.75) is 68.4 Å². The largest absolute Gasteiger partial charge is 0.380 e. The average molecular weight is 558 g/mol. The van der Waals surface area contributed by atoms with Gasteiger partial charge >= 0.3 is 6.03 Å². The third-order valence-electron chi connectivity index (χ3n) is 8.92.